The monoisotopic (exact) mass is 392 g/mol. The van der Waals surface area contributed by atoms with Crippen LogP contribution in [-0.2, 0) is 25.5 Å². The van der Waals surface area contributed by atoms with E-state index in [1.165, 1.54) is 18.2 Å². The third kappa shape index (κ3) is 4.57. The number of carbonyl (C=O) groups is 1. The van der Waals surface area contributed by atoms with Crippen LogP contribution in [0.5, 0.6) is 5.75 Å². The van der Waals surface area contributed by atoms with Gasteiger partial charge in [-0.25, -0.2) is 0 Å². The Labute approximate surface area is 149 Å². The van der Waals surface area contributed by atoms with Gasteiger partial charge in [-0.1, -0.05) is 6.07 Å². The van der Waals surface area contributed by atoms with Gasteiger partial charge in [0.2, 0.25) is 0 Å². The van der Waals surface area contributed by atoms with Gasteiger partial charge in [0.05, 0.1) is 5.41 Å². The van der Waals surface area contributed by atoms with Crippen molar-refractivity contribution in [2.75, 3.05) is 0 Å². The largest absolute Gasteiger partial charge is 0.534 e. The maximum Gasteiger partial charge on any atom is 0.534 e. The van der Waals surface area contributed by atoms with E-state index in [9.17, 15) is 26.4 Å². The van der Waals surface area contributed by atoms with E-state index in [1.54, 1.807) is 26.8 Å². The van der Waals surface area contributed by atoms with Crippen molar-refractivity contribution < 1.29 is 35.3 Å². The molecule has 0 fully saturated rings. The molecule has 1 aromatic rings. The molecule has 0 atom stereocenters. The summed E-state index contributed by atoms with van der Waals surface area (Å²) in [5.41, 5.74) is -5.53. The molecule has 144 valence electrons. The molecule has 0 bridgehead atoms. The summed E-state index contributed by atoms with van der Waals surface area (Å²) < 4.78 is 70.2. The minimum Gasteiger partial charge on any atom is -0.426 e. The molecule has 0 amide bonds. The molecule has 1 aliphatic rings. The van der Waals surface area contributed by atoms with E-state index < -0.39 is 32.8 Å². The van der Waals surface area contributed by atoms with E-state index in [1.807, 2.05) is 0 Å². The minimum atomic E-state index is -5.79. The normalized spacial score (nSPS) is 15.5. The fraction of sp³-hybridized carbons (Fsp3) is 0.471. The van der Waals surface area contributed by atoms with E-state index in [4.69, 9.17) is 4.74 Å². The summed E-state index contributed by atoms with van der Waals surface area (Å²) in [5.74, 6) is -0.839. The van der Waals surface area contributed by atoms with Gasteiger partial charge in [0.1, 0.15) is 11.5 Å². The second kappa shape index (κ2) is 6.94. The molecule has 9 heteroatoms. The molecule has 0 saturated carbocycles. The molecule has 0 heterocycles. The first-order valence-electron chi connectivity index (χ1n) is 7.88. The lowest BCUT2D eigenvalue weighted by Crippen LogP contribution is -2.26. The maximum absolute atomic E-state index is 12.6. The fourth-order valence-electron chi connectivity index (χ4n) is 2.21. The first kappa shape index (κ1) is 20.3. The van der Waals surface area contributed by atoms with Crippen molar-refractivity contribution in [1.82, 2.24) is 0 Å². The second-order valence-electron chi connectivity index (χ2n) is 6.90. The van der Waals surface area contributed by atoms with Crippen LogP contribution >= 0.6 is 0 Å². The van der Waals surface area contributed by atoms with E-state index >= 15 is 0 Å². The molecule has 2 rings (SSSR count). The smallest absolute Gasteiger partial charge is 0.426 e. The number of hydrogen-bond acceptors (Lipinski definition) is 5. The maximum atomic E-state index is 12.6. The van der Waals surface area contributed by atoms with Gasteiger partial charge in [-0.15, -0.1) is 0 Å². The van der Waals surface area contributed by atoms with E-state index in [-0.39, 0.29) is 11.3 Å². The van der Waals surface area contributed by atoms with Gasteiger partial charge in [-0.05, 0) is 63.8 Å². The number of esters is 1. The SMILES string of the molecule is CC(C)(C)C(=O)Oc1ccc2c(c1)C(OS(=O)(=O)C(F)(F)F)=CCCC2. The van der Waals surface area contributed by atoms with Gasteiger partial charge < -0.3 is 8.92 Å². The molecule has 1 aromatic carbocycles. The zero-order chi connectivity index (χ0) is 19.8. The Hall–Kier alpha value is -2.03. The molecule has 0 radical (unpaired) electrons. The van der Waals surface area contributed by atoms with Gasteiger partial charge in [-0.3, -0.25) is 4.79 Å². The van der Waals surface area contributed by atoms with Gasteiger partial charge in [0.15, 0.2) is 0 Å². The minimum absolute atomic E-state index is 0.101. The number of carbonyl (C=O) groups excluding carboxylic acids is 1. The molecule has 26 heavy (non-hydrogen) atoms. The Morgan fingerprint density at radius 3 is 2.38 bits per heavy atom. The fourth-order valence-corrected chi connectivity index (χ4v) is 2.70. The Morgan fingerprint density at radius 2 is 1.81 bits per heavy atom. The van der Waals surface area contributed by atoms with Crippen LogP contribution in [0.15, 0.2) is 24.3 Å². The number of allylic oxidation sites excluding steroid dienone is 1. The van der Waals surface area contributed by atoms with Crippen LogP contribution in [0.3, 0.4) is 0 Å². The number of ether oxygens (including phenoxy) is 1. The van der Waals surface area contributed by atoms with Crippen LogP contribution < -0.4 is 4.74 Å². The molecule has 0 spiro atoms. The Bertz CT molecular complexity index is 833. The third-order valence-corrected chi connectivity index (χ3v) is 4.60. The summed E-state index contributed by atoms with van der Waals surface area (Å²) in [6.07, 6.45) is 2.80. The average Bonchev–Trinajstić information content (AvgIpc) is 2.67. The predicted molar refractivity (Wildman–Crippen MR) is 88.5 cm³/mol. The molecule has 0 N–H and O–H groups in total. The van der Waals surface area contributed by atoms with Crippen LogP contribution in [-0.4, -0.2) is 19.9 Å². The Balaban J connectivity index is 2.40. The van der Waals surface area contributed by atoms with Crippen LogP contribution in [0.1, 0.15) is 44.7 Å². The zero-order valence-corrected chi connectivity index (χ0v) is 15.3. The van der Waals surface area contributed by atoms with Gasteiger partial charge in [-0.2, -0.15) is 21.6 Å². The highest BCUT2D eigenvalue weighted by atomic mass is 32.2. The summed E-state index contributed by atoms with van der Waals surface area (Å²) in [6, 6.07) is 4.43. The summed E-state index contributed by atoms with van der Waals surface area (Å²) in [5, 5.41) is 0. The van der Waals surface area contributed by atoms with Crippen LogP contribution in [0.4, 0.5) is 13.2 Å². The molecule has 0 aliphatic heterocycles. The van der Waals surface area contributed by atoms with Crippen molar-refractivity contribution in [3.05, 3.63) is 35.4 Å². The summed E-state index contributed by atoms with van der Waals surface area (Å²) in [6.45, 7) is 4.97. The van der Waals surface area contributed by atoms with Gasteiger partial charge >= 0.3 is 21.6 Å². The molecule has 0 unspecified atom stereocenters. The van der Waals surface area contributed by atoms with Gasteiger partial charge in [0.25, 0.3) is 0 Å². The van der Waals surface area contributed by atoms with Crippen LogP contribution in [0, 0.1) is 5.41 Å². The van der Waals surface area contributed by atoms with E-state index in [2.05, 4.69) is 4.18 Å². The quantitative estimate of drug-likeness (QED) is 0.334. The summed E-state index contributed by atoms with van der Waals surface area (Å²) in [7, 11) is -5.79. The molecular weight excluding hydrogens is 373 g/mol. The standard InChI is InChI=1S/C17H19F3O5S/c1-16(2,3)15(21)24-12-9-8-11-6-4-5-7-14(13(11)10-12)25-26(22,23)17(18,19)20/h7-10H,4-6H2,1-3H3. The van der Waals surface area contributed by atoms with Crippen molar-refractivity contribution in [1.29, 1.82) is 0 Å². The lowest BCUT2D eigenvalue weighted by atomic mass is 9.97. The number of halogens is 3. The first-order valence-corrected chi connectivity index (χ1v) is 9.28. The highest BCUT2D eigenvalue weighted by Crippen LogP contribution is 2.35. The topological polar surface area (TPSA) is 69.7 Å². The lowest BCUT2D eigenvalue weighted by Gasteiger charge is -2.18. The summed E-state index contributed by atoms with van der Waals surface area (Å²) in [4.78, 5) is 12.0. The van der Waals surface area contributed by atoms with Crippen LogP contribution in [0.25, 0.3) is 5.76 Å². The summed E-state index contributed by atoms with van der Waals surface area (Å²) >= 11 is 0. The highest BCUT2D eigenvalue weighted by molar-refractivity contribution is 7.87. The van der Waals surface area contributed by atoms with Crippen molar-refractivity contribution >= 4 is 21.8 Å². The van der Waals surface area contributed by atoms with Crippen molar-refractivity contribution in [3.8, 4) is 5.75 Å². The Kier molecular flexibility index (Phi) is 5.41. The number of hydrogen-bond donors (Lipinski definition) is 0. The molecule has 0 aromatic heterocycles. The lowest BCUT2D eigenvalue weighted by molar-refractivity contribution is -0.143. The number of alkyl halides is 3. The average molecular weight is 392 g/mol. The van der Waals surface area contributed by atoms with Crippen LogP contribution in [0.2, 0.25) is 0 Å². The molecule has 5 nitrogen and oxygen atoms in total. The predicted octanol–water partition coefficient (Wildman–Crippen LogP) is 4.18. The number of fused-ring (bicyclic) bond motifs is 1. The Morgan fingerprint density at radius 1 is 1.15 bits per heavy atom. The number of aryl methyl sites for hydroxylation is 1. The van der Waals surface area contributed by atoms with Gasteiger partial charge in [0, 0.05) is 5.56 Å². The van der Waals surface area contributed by atoms with Crippen molar-refractivity contribution in [3.63, 3.8) is 0 Å². The molecule has 1 aliphatic carbocycles. The highest BCUT2D eigenvalue weighted by Gasteiger charge is 2.49. The molecule has 0 saturated heterocycles. The van der Waals surface area contributed by atoms with E-state index in [0.29, 0.717) is 24.8 Å². The first-order chi connectivity index (χ1) is 11.8. The van der Waals surface area contributed by atoms with Crippen molar-refractivity contribution in [2.45, 2.75) is 45.5 Å². The van der Waals surface area contributed by atoms with E-state index in [0.717, 1.165) is 0 Å². The number of benzene rings is 1. The zero-order valence-electron chi connectivity index (χ0n) is 14.5. The van der Waals surface area contributed by atoms with Crippen molar-refractivity contribution in [2.24, 2.45) is 5.41 Å². The third-order valence-electron chi connectivity index (χ3n) is 3.63. The molecular formula is C17H19F3O5S. The number of rotatable bonds is 3. The second-order valence-corrected chi connectivity index (χ2v) is 8.44.